The summed E-state index contributed by atoms with van der Waals surface area (Å²) in [5.74, 6) is -0.912. The number of fused-ring (bicyclic) bond motifs is 1. The summed E-state index contributed by atoms with van der Waals surface area (Å²) in [6.45, 7) is 1.35. The van der Waals surface area contributed by atoms with E-state index in [1.165, 1.54) is 30.0 Å². The highest BCUT2D eigenvalue weighted by Crippen LogP contribution is 2.29. The van der Waals surface area contributed by atoms with Crippen LogP contribution in [0.1, 0.15) is 6.92 Å². The molecular formula is C21H19N3O5S2. The Bertz CT molecular complexity index is 1160. The molecule has 0 aliphatic heterocycles. The van der Waals surface area contributed by atoms with Crippen LogP contribution in [0, 0.1) is 0 Å². The fraction of sp³-hybridized carbons (Fsp3) is 0.143. The summed E-state index contributed by atoms with van der Waals surface area (Å²) in [5.41, 5.74) is 1.26. The number of thiazole rings is 1. The van der Waals surface area contributed by atoms with Gasteiger partial charge in [0.25, 0.3) is 0 Å². The van der Waals surface area contributed by atoms with Crippen molar-refractivity contribution in [1.82, 2.24) is 4.98 Å². The number of hydrogen-bond donors (Lipinski definition) is 3. The van der Waals surface area contributed by atoms with Crippen molar-refractivity contribution in [3.05, 3.63) is 54.1 Å². The van der Waals surface area contributed by atoms with E-state index in [9.17, 15) is 14.4 Å². The van der Waals surface area contributed by atoms with Crippen molar-refractivity contribution in [2.24, 2.45) is 0 Å². The third-order valence-electron chi connectivity index (χ3n) is 4.02. The Morgan fingerprint density at radius 3 is 2.58 bits per heavy atom. The molecule has 3 N–H and O–H groups in total. The van der Waals surface area contributed by atoms with Gasteiger partial charge in [-0.3, -0.25) is 9.59 Å². The van der Waals surface area contributed by atoms with Crippen LogP contribution in [0.15, 0.2) is 59.0 Å². The van der Waals surface area contributed by atoms with E-state index >= 15 is 0 Å². The molecule has 0 saturated heterocycles. The molecule has 3 rings (SSSR count). The lowest BCUT2D eigenvalue weighted by molar-refractivity contribution is -0.132. The number of carbonyl (C=O) groups is 3. The van der Waals surface area contributed by atoms with Crippen molar-refractivity contribution in [3.63, 3.8) is 0 Å². The van der Waals surface area contributed by atoms with E-state index in [2.05, 4.69) is 15.6 Å². The number of amides is 2. The molecule has 0 unspecified atom stereocenters. The number of benzene rings is 2. The van der Waals surface area contributed by atoms with Gasteiger partial charge in [-0.05, 0) is 49.4 Å². The Balaban J connectivity index is 1.51. The first kappa shape index (κ1) is 22.3. The lowest BCUT2D eigenvalue weighted by Crippen LogP contribution is -2.13. The van der Waals surface area contributed by atoms with Gasteiger partial charge in [0.15, 0.2) is 5.13 Å². The zero-order valence-electron chi connectivity index (χ0n) is 16.7. The Morgan fingerprint density at radius 1 is 1.16 bits per heavy atom. The van der Waals surface area contributed by atoms with Crippen LogP contribution in [0.25, 0.3) is 10.2 Å². The molecule has 2 aromatic carbocycles. The van der Waals surface area contributed by atoms with Gasteiger partial charge in [-0.25, -0.2) is 9.78 Å². The Labute approximate surface area is 186 Å². The smallest absolute Gasteiger partial charge is 0.331 e. The highest BCUT2D eigenvalue weighted by molar-refractivity contribution is 8.00. The summed E-state index contributed by atoms with van der Waals surface area (Å²) in [7, 11) is 1.60. The molecule has 0 spiro atoms. The number of ether oxygens (including phenoxy) is 1. The first-order chi connectivity index (χ1) is 14.8. The SMILES string of the molecule is COc1ccc2nc(NC(=O)CSc3ccc(NC(=O)C=C(C)C(=O)O)cc3)sc2c1. The molecule has 10 heteroatoms. The largest absolute Gasteiger partial charge is 0.497 e. The minimum absolute atomic E-state index is 0.0528. The van der Waals surface area contributed by atoms with Gasteiger partial charge in [0, 0.05) is 22.2 Å². The average molecular weight is 458 g/mol. The van der Waals surface area contributed by atoms with Gasteiger partial charge in [-0.15, -0.1) is 11.8 Å². The van der Waals surface area contributed by atoms with Crippen molar-refractivity contribution in [2.75, 3.05) is 23.5 Å². The van der Waals surface area contributed by atoms with Crippen LogP contribution in [-0.4, -0.2) is 40.7 Å². The van der Waals surface area contributed by atoms with Gasteiger partial charge in [0.2, 0.25) is 11.8 Å². The van der Waals surface area contributed by atoms with E-state index in [-0.39, 0.29) is 17.2 Å². The van der Waals surface area contributed by atoms with E-state index in [0.717, 1.165) is 26.9 Å². The van der Waals surface area contributed by atoms with Crippen LogP contribution in [0.2, 0.25) is 0 Å². The van der Waals surface area contributed by atoms with Gasteiger partial charge in [-0.2, -0.15) is 0 Å². The van der Waals surface area contributed by atoms with Crippen molar-refractivity contribution in [2.45, 2.75) is 11.8 Å². The number of carboxylic acids is 1. The maximum Gasteiger partial charge on any atom is 0.331 e. The Morgan fingerprint density at radius 2 is 1.90 bits per heavy atom. The second-order valence-corrected chi connectivity index (χ2v) is 8.42. The highest BCUT2D eigenvalue weighted by atomic mass is 32.2. The molecule has 0 fully saturated rings. The number of carboxylic acid groups (broad SMARTS) is 1. The average Bonchev–Trinajstić information content (AvgIpc) is 3.14. The third kappa shape index (κ3) is 6.30. The minimum atomic E-state index is -1.15. The number of aromatic nitrogens is 1. The van der Waals surface area contributed by atoms with E-state index in [4.69, 9.17) is 9.84 Å². The molecule has 31 heavy (non-hydrogen) atoms. The summed E-state index contributed by atoms with van der Waals surface area (Å²) in [4.78, 5) is 40.0. The topological polar surface area (TPSA) is 118 Å². The lowest BCUT2D eigenvalue weighted by atomic mass is 10.2. The van der Waals surface area contributed by atoms with Crippen LogP contribution in [0.4, 0.5) is 10.8 Å². The number of hydrogen-bond acceptors (Lipinski definition) is 7. The summed E-state index contributed by atoms with van der Waals surface area (Å²) >= 11 is 2.72. The Kier molecular flexibility index (Phi) is 7.27. The van der Waals surface area contributed by atoms with Crippen molar-refractivity contribution in [1.29, 1.82) is 0 Å². The molecule has 0 saturated carbocycles. The van der Waals surface area contributed by atoms with Crippen LogP contribution < -0.4 is 15.4 Å². The van der Waals surface area contributed by atoms with E-state index in [1.807, 2.05) is 18.2 Å². The molecule has 0 aliphatic rings. The fourth-order valence-electron chi connectivity index (χ4n) is 2.46. The molecule has 160 valence electrons. The highest BCUT2D eigenvalue weighted by Gasteiger charge is 2.10. The van der Waals surface area contributed by atoms with Gasteiger partial charge in [0.05, 0.1) is 23.1 Å². The molecule has 0 bridgehead atoms. The van der Waals surface area contributed by atoms with E-state index in [0.29, 0.717) is 10.8 Å². The molecular weight excluding hydrogens is 438 g/mol. The number of anilines is 2. The molecule has 0 atom stereocenters. The summed E-state index contributed by atoms with van der Waals surface area (Å²) in [5, 5.41) is 14.7. The normalized spacial score (nSPS) is 11.2. The maximum absolute atomic E-state index is 12.3. The summed E-state index contributed by atoms with van der Waals surface area (Å²) < 4.78 is 6.12. The van der Waals surface area contributed by atoms with Gasteiger partial charge < -0.3 is 20.5 Å². The van der Waals surface area contributed by atoms with Crippen molar-refractivity contribution >= 4 is 61.9 Å². The van der Waals surface area contributed by atoms with Crippen LogP contribution in [-0.2, 0) is 14.4 Å². The number of rotatable bonds is 8. The van der Waals surface area contributed by atoms with Crippen LogP contribution >= 0.6 is 23.1 Å². The maximum atomic E-state index is 12.3. The number of carbonyl (C=O) groups excluding carboxylic acids is 2. The first-order valence-electron chi connectivity index (χ1n) is 9.04. The van der Waals surface area contributed by atoms with Gasteiger partial charge in [0.1, 0.15) is 5.75 Å². The molecule has 1 aromatic heterocycles. The number of nitrogens with zero attached hydrogens (tertiary/aromatic N) is 1. The molecule has 1 heterocycles. The van der Waals surface area contributed by atoms with Gasteiger partial charge in [-0.1, -0.05) is 11.3 Å². The van der Waals surface area contributed by atoms with Gasteiger partial charge >= 0.3 is 5.97 Å². The summed E-state index contributed by atoms with van der Waals surface area (Å²) in [6, 6.07) is 12.4. The molecule has 3 aromatic rings. The van der Waals surface area contributed by atoms with Crippen molar-refractivity contribution < 1.29 is 24.2 Å². The predicted molar refractivity (Wildman–Crippen MR) is 122 cm³/mol. The number of nitrogens with one attached hydrogen (secondary N) is 2. The number of methoxy groups -OCH3 is 1. The lowest BCUT2D eigenvalue weighted by Gasteiger charge is -2.05. The Hall–Kier alpha value is -3.37. The quantitative estimate of drug-likeness (QED) is 0.346. The van der Waals surface area contributed by atoms with Crippen LogP contribution in [0.5, 0.6) is 5.75 Å². The molecule has 0 aliphatic carbocycles. The number of thioether (sulfide) groups is 1. The fourth-order valence-corrected chi connectivity index (χ4v) is 4.07. The standard InChI is InChI=1S/C21H19N3O5S2/c1-12(20(27)28)9-18(25)22-13-3-6-15(7-4-13)30-11-19(26)24-21-23-16-8-5-14(29-2)10-17(16)31-21/h3-10H,11H2,1-2H3,(H,22,25)(H,27,28)(H,23,24,26). The van der Waals surface area contributed by atoms with Crippen LogP contribution in [0.3, 0.4) is 0 Å². The zero-order chi connectivity index (χ0) is 22.4. The molecule has 2 amide bonds. The molecule has 8 nitrogen and oxygen atoms in total. The second kappa shape index (κ2) is 10.1. The van der Waals surface area contributed by atoms with Crippen molar-refractivity contribution in [3.8, 4) is 5.75 Å². The first-order valence-corrected chi connectivity index (χ1v) is 10.8. The van der Waals surface area contributed by atoms with E-state index < -0.39 is 11.9 Å². The predicted octanol–water partition coefficient (Wildman–Crippen LogP) is 4.01. The second-order valence-electron chi connectivity index (χ2n) is 6.34. The zero-order valence-corrected chi connectivity index (χ0v) is 18.3. The summed E-state index contributed by atoms with van der Waals surface area (Å²) in [6.07, 6.45) is 1.02. The number of aliphatic carboxylic acids is 1. The minimum Gasteiger partial charge on any atom is -0.497 e. The molecule has 0 radical (unpaired) electrons. The monoisotopic (exact) mass is 457 g/mol. The van der Waals surface area contributed by atoms with E-state index in [1.54, 1.807) is 31.4 Å². The third-order valence-corrected chi connectivity index (χ3v) is 5.96.